The van der Waals surface area contributed by atoms with Crippen molar-refractivity contribution in [3.05, 3.63) is 36.0 Å². The van der Waals surface area contributed by atoms with E-state index in [1.54, 1.807) is 0 Å². The van der Waals surface area contributed by atoms with Crippen LogP contribution >= 0.6 is 0 Å². The largest absolute Gasteiger partial charge is 0.492 e. The van der Waals surface area contributed by atoms with E-state index in [1.165, 1.54) is 12.8 Å². The predicted molar refractivity (Wildman–Crippen MR) is 121 cm³/mol. The Kier molecular flexibility index (Phi) is 5.80. The number of likely N-dealkylation sites (tertiary alicyclic amines) is 1. The number of piperidine rings is 2. The number of ether oxygens (including phenoxy) is 1. The molecule has 8 nitrogen and oxygen atoms in total. The molecule has 0 aliphatic carbocycles. The van der Waals surface area contributed by atoms with Crippen molar-refractivity contribution < 1.29 is 18.8 Å². The molecule has 0 radical (unpaired) electrons. The Morgan fingerprint density at radius 2 is 2.03 bits per heavy atom. The molecule has 2 N–H and O–H groups in total. The maximum absolute atomic E-state index is 12.4. The molecule has 0 bridgehead atoms. The fourth-order valence-electron chi connectivity index (χ4n) is 4.70. The van der Waals surface area contributed by atoms with Crippen LogP contribution in [0, 0.1) is 0 Å². The number of imide groups is 1. The molecule has 0 saturated carbocycles. The number of nitrogens with zero attached hydrogens (tertiary/aromatic N) is 2. The van der Waals surface area contributed by atoms with Gasteiger partial charge in [0.05, 0.1) is 11.3 Å². The van der Waals surface area contributed by atoms with Crippen LogP contribution in [0.5, 0.6) is 5.75 Å². The second kappa shape index (κ2) is 8.88. The molecule has 2 aromatic carbocycles. The third-order valence-corrected chi connectivity index (χ3v) is 6.54. The third kappa shape index (κ3) is 4.20. The molecule has 0 spiro atoms. The summed E-state index contributed by atoms with van der Waals surface area (Å²) in [5.74, 6) is -0.233. The first-order valence-electron chi connectivity index (χ1n) is 11.3. The first kappa shape index (κ1) is 20.9. The van der Waals surface area contributed by atoms with E-state index >= 15 is 0 Å². The van der Waals surface area contributed by atoms with Gasteiger partial charge in [0.2, 0.25) is 11.8 Å². The lowest BCUT2D eigenvalue weighted by Crippen LogP contribution is -2.42. The molecule has 1 unspecified atom stereocenters. The second-order valence-corrected chi connectivity index (χ2v) is 8.77. The van der Waals surface area contributed by atoms with Gasteiger partial charge < -0.3 is 19.5 Å². The van der Waals surface area contributed by atoms with Crippen LogP contribution in [0.1, 0.15) is 37.3 Å². The zero-order valence-corrected chi connectivity index (χ0v) is 18.2. The van der Waals surface area contributed by atoms with Crippen LogP contribution in [0.2, 0.25) is 0 Å². The second-order valence-electron chi connectivity index (χ2n) is 8.77. The molecular weight excluding hydrogens is 408 g/mol. The van der Waals surface area contributed by atoms with E-state index in [-0.39, 0.29) is 11.8 Å². The molecule has 2 aliphatic heterocycles. The number of aromatic nitrogens is 1. The van der Waals surface area contributed by atoms with E-state index in [0.29, 0.717) is 36.8 Å². The monoisotopic (exact) mass is 436 g/mol. The van der Waals surface area contributed by atoms with Gasteiger partial charge in [0.15, 0.2) is 5.58 Å². The van der Waals surface area contributed by atoms with Gasteiger partial charge in [-0.3, -0.25) is 14.9 Å². The van der Waals surface area contributed by atoms with E-state index in [2.05, 4.69) is 27.7 Å². The average Bonchev–Trinajstić information content (AvgIpc) is 3.22. The summed E-state index contributed by atoms with van der Waals surface area (Å²) in [6.45, 7) is 3.70. The van der Waals surface area contributed by atoms with Gasteiger partial charge in [-0.2, -0.15) is 0 Å². The summed E-state index contributed by atoms with van der Waals surface area (Å²) in [5, 5.41) is 13.0. The lowest BCUT2D eigenvalue weighted by Gasteiger charge is -2.29. The van der Waals surface area contributed by atoms with Crippen molar-refractivity contribution in [2.75, 3.05) is 33.3 Å². The predicted octanol–water partition coefficient (Wildman–Crippen LogP) is 2.56. The number of fused-ring (bicyclic) bond motifs is 3. The zero-order chi connectivity index (χ0) is 22.1. The number of benzene rings is 2. The molecule has 2 aliphatic rings. The number of hydrogen-bond acceptors (Lipinski definition) is 7. The molecular formula is C24H28N4O4. The van der Waals surface area contributed by atoms with Crippen molar-refractivity contribution in [2.24, 2.45) is 0 Å². The van der Waals surface area contributed by atoms with Crippen LogP contribution in [0.25, 0.3) is 21.7 Å². The molecule has 1 atom stereocenters. The first-order valence-corrected chi connectivity index (χ1v) is 11.3. The summed E-state index contributed by atoms with van der Waals surface area (Å²) >= 11 is 0. The van der Waals surface area contributed by atoms with Gasteiger partial charge in [0.1, 0.15) is 18.1 Å². The van der Waals surface area contributed by atoms with E-state index in [1.807, 2.05) is 30.3 Å². The fourth-order valence-corrected chi connectivity index (χ4v) is 4.70. The maximum atomic E-state index is 12.4. The van der Waals surface area contributed by atoms with Crippen molar-refractivity contribution in [1.29, 1.82) is 0 Å². The summed E-state index contributed by atoms with van der Waals surface area (Å²) in [7, 11) is 2.17. The van der Waals surface area contributed by atoms with Crippen LogP contribution in [0.15, 0.2) is 34.9 Å². The summed E-state index contributed by atoms with van der Waals surface area (Å²) in [5.41, 5.74) is 1.22. The lowest BCUT2D eigenvalue weighted by molar-refractivity contribution is -0.134. The van der Waals surface area contributed by atoms with Crippen molar-refractivity contribution in [1.82, 2.24) is 20.7 Å². The van der Waals surface area contributed by atoms with Crippen molar-refractivity contribution in [3.8, 4) is 5.75 Å². The molecule has 1 aromatic heterocycles. The smallest absolute Gasteiger partial charge is 0.235 e. The number of carbonyl (C=O) groups excluding carboxylic acids is 2. The van der Waals surface area contributed by atoms with Gasteiger partial charge in [-0.25, -0.2) is 0 Å². The van der Waals surface area contributed by atoms with Crippen LogP contribution in [-0.2, 0) is 9.59 Å². The zero-order valence-electron chi connectivity index (χ0n) is 18.2. The van der Waals surface area contributed by atoms with Gasteiger partial charge in [0, 0.05) is 19.0 Å². The van der Waals surface area contributed by atoms with Gasteiger partial charge >= 0.3 is 0 Å². The highest BCUT2D eigenvalue weighted by molar-refractivity contribution is 6.10. The Hall–Kier alpha value is -2.97. The van der Waals surface area contributed by atoms with E-state index < -0.39 is 5.92 Å². The normalized spacial score (nSPS) is 20.7. The maximum Gasteiger partial charge on any atom is 0.235 e. The van der Waals surface area contributed by atoms with Crippen molar-refractivity contribution in [2.45, 2.75) is 37.6 Å². The Labute approximate surface area is 186 Å². The average molecular weight is 437 g/mol. The molecule has 8 heteroatoms. The Balaban J connectivity index is 1.30. The minimum atomic E-state index is -0.485. The molecule has 5 rings (SSSR count). The molecule has 2 saturated heterocycles. The summed E-state index contributed by atoms with van der Waals surface area (Å²) in [6.07, 6.45) is 3.10. The van der Waals surface area contributed by atoms with E-state index in [4.69, 9.17) is 9.26 Å². The Morgan fingerprint density at radius 3 is 2.84 bits per heavy atom. The highest BCUT2D eigenvalue weighted by Crippen LogP contribution is 2.36. The van der Waals surface area contributed by atoms with E-state index in [0.717, 1.165) is 41.5 Å². The molecule has 2 fully saturated rings. The Morgan fingerprint density at radius 1 is 1.19 bits per heavy atom. The van der Waals surface area contributed by atoms with Crippen LogP contribution in [0.3, 0.4) is 0 Å². The Bertz CT molecular complexity index is 1150. The van der Waals surface area contributed by atoms with Gasteiger partial charge in [0.25, 0.3) is 0 Å². The molecule has 3 aromatic rings. The highest BCUT2D eigenvalue weighted by atomic mass is 16.5. The van der Waals surface area contributed by atoms with Gasteiger partial charge in [-0.05, 0) is 74.4 Å². The van der Waals surface area contributed by atoms with Gasteiger partial charge in [-0.1, -0.05) is 11.2 Å². The molecule has 168 valence electrons. The SMILES string of the molecule is CN1CCC(NCCOc2ccc3c(ccc4onc(C5CCC(=O)NC5=O)c43)c2)CC1. The fraction of sp³-hybridized carbons (Fsp3) is 0.458. The van der Waals surface area contributed by atoms with Crippen LogP contribution in [-0.4, -0.2) is 61.2 Å². The summed E-state index contributed by atoms with van der Waals surface area (Å²) in [6, 6.07) is 10.3. The number of hydrogen-bond donors (Lipinski definition) is 2. The quantitative estimate of drug-likeness (QED) is 0.453. The number of nitrogens with one attached hydrogen (secondary N) is 2. The van der Waals surface area contributed by atoms with Gasteiger partial charge in [-0.15, -0.1) is 0 Å². The number of carbonyl (C=O) groups is 2. The van der Waals surface area contributed by atoms with Crippen molar-refractivity contribution in [3.63, 3.8) is 0 Å². The lowest BCUT2D eigenvalue weighted by atomic mass is 9.91. The topological polar surface area (TPSA) is 96.7 Å². The minimum Gasteiger partial charge on any atom is -0.492 e. The minimum absolute atomic E-state index is 0.240. The third-order valence-electron chi connectivity index (χ3n) is 6.54. The number of rotatable bonds is 6. The molecule has 32 heavy (non-hydrogen) atoms. The molecule has 3 heterocycles. The highest BCUT2D eigenvalue weighted by Gasteiger charge is 2.32. The van der Waals surface area contributed by atoms with E-state index in [9.17, 15) is 9.59 Å². The number of amides is 2. The van der Waals surface area contributed by atoms with Crippen LogP contribution in [0.4, 0.5) is 0 Å². The summed E-state index contributed by atoms with van der Waals surface area (Å²) in [4.78, 5) is 26.3. The molecule has 2 amide bonds. The standard InChI is InChI=1S/C24H28N4O4/c1-28-11-8-16(9-12-28)25-10-13-31-17-3-4-18-15(14-17)2-6-20-22(18)23(27-32-20)19-5-7-21(29)26-24(19)30/h2-4,6,14,16,19,25H,5,7-13H2,1H3,(H,26,29,30). The summed E-state index contributed by atoms with van der Waals surface area (Å²) < 4.78 is 11.5. The van der Waals surface area contributed by atoms with Crippen molar-refractivity contribution >= 4 is 33.6 Å². The van der Waals surface area contributed by atoms with Crippen LogP contribution < -0.4 is 15.4 Å². The first-order chi connectivity index (χ1) is 15.6.